The highest BCUT2D eigenvalue weighted by Crippen LogP contribution is 2.53. The summed E-state index contributed by atoms with van der Waals surface area (Å²) in [5.74, 6) is -0.502. The number of carbonyl (C=O) groups excluding carboxylic acids is 4. The number of likely N-dealkylation sites (tertiary alicyclic amines) is 2. The minimum absolute atomic E-state index is 0.0925. The molecule has 2 aliphatic carbocycles. The van der Waals surface area contributed by atoms with Gasteiger partial charge in [-0.05, 0) is 102 Å². The van der Waals surface area contributed by atoms with Gasteiger partial charge >= 0.3 is 11.9 Å². The number of pyridine rings is 5. The minimum atomic E-state index is -0.758. The molecule has 2 saturated carbocycles. The fourth-order valence-electron chi connectivity index (χ4n) is 11.1. The number of amides is 2. The van der Waals surface area contributed by atoms with Gasteiger partial charge in [-0.3, -0.25) is 34.5 Å². The lowest BCUT2D eigenvalue weighted by atomic mass is 9.92. The lowest BCUT2D eigenvalue weighted by molar-refractivity contribution is -0.134. The predicted molar refractivity (Wildman–Crippen MR) is 257 cm³/mol. The highest BCUT2D eigenvalue weighted by molar-refractivity contribution is 7.17. The molecule has 2 atom stereocenters. The average molecular weight is 930 g/mol. The number of aromatic nitrogens is 5. The van der Waals surface area contributed by atoms with Crippen LogP contribution in [0.25, 0.3) is 43.5 Å². The summed E-state index contributed by atoms with van der Waals surface area (Å²) in [7, 11) is 0. The Hall–Kier alpha value is -7.71. The number of thiophene rings is 1. The molecular weight excluding hydrogens is 887 g/mol. The van der Waals surface area contributed by atoms with E-state index in [0.717, 1.165) is 81.4 Å². The predicted octanol–water partition coefficient (Wildman–Crippen LogP) is 8.71. The van der Waals surface area contributed by atoms with Crippen molar-refractivity contribution in [3.63, 3.8) is 0 Å². The summed E-state index contributed by atoms with van der Waals surface area (Å²) >= 11 is 1.73. The molecule has 10 heterocycles. The number of fused-ring (bicyclic) bond motifs is 6. The van der Waals surface area contributed by atoms with Crippen LogP contribution in [0.1, 0.15) is 81.5 Å². The quantitative estimate of drug-likeness (QED) is 0.147. The molecule has 14 rings (SSSR count). The molecule has 0 N–H and O–H groups in total. The highest BCUT2D eigenvalue weighted by Gasteiger charge is 2.59. The number of ether oxygens (including phenoxy) is 2. The normalized spacial score (nSPS) is 22.0. The van der Waals surface area contributed by atoms with E-state index in [1.807, 2.05) is 89.1 Å². The van der Waals surface area contributed by atoms with Crippen LogP contribution >= 0.6 is 11.3 Å². The standard InChI is InChI=1S/C28H22N4O3.C27H21N3O3S/c33-25-21-16-29-11-7-22(21)28(35-25)10-12-32(17-28)26(34)27(8-9-27)20-5-6-24(31-15-20)19-13-18-3-1-2-4-23(18)30-14-19;31-24-20-15-28-10-5-21(20)27(33-24)9-11-30(16-27)25(32)26(7-8-26)19-2-3-22(29-14-19)17-1-4-23-18(13-17)6-12-34-23/h1-7,11,13-16H,8-10,12,17H2;1-6,10,12-15H,7-9,11,16H2. The maximum atomic E-state index is 13.7. The molecular formula is C55H43N7O6S. The molecule has 13 nitrogen and oxygen atoms in total. The third-order valence-electron chi connectivity index (χ3n) is 15.3. The van der Waals surface area contributed by atoms with Crippen molar-refractivity contribution in [1.82, 2.24) is 34.7 Å². The number of nitrogens with zero attached hydrogens (tertiary/aromatic N) is 7. The SMILES string of the molecule is O=C1OC2(CCN(C(=O)C3(c4ccc(-c5ccc6sccc6c5)nc4)CC3)C2)c2ccncc21.O=C1OC2(CCN(C(=O)C3(c4ccc(-c5cnc6ccccc6c5)nc4)CC3)C2)c2ccncc21. The molecule has 0 radical (unpaired) electrons. The second-order valence-corrected chi connectivity index (χ2v) is 20.1. The number of rotatable bonds is 6. The van der Waals surface area contributed by atoms with Gasteiger partial charge in [-0.15, -0.1) is 11.3 Å². The van der Waals surface area contributed by atoms with Gasteiger partial charge in [0.25, 0.3) is 0 Å². The van der Waals surface area contributed by atoms with E-state index in [0.29, 0.717) is 50.1 Å². The van der Waals surface area contributed by atoms with Crippen LogP contribution in [0.5, 0.6) is 0 Å². The van der Waals surface area contributed by atoms with Crippen LogP contribution in [0.2, 0.25) is 0 Å². The number of hydrogen-bond donors (Lipinski definition) is 0. The molecule has 340 valence electrons. The van der Waals surface area contributed by atoms with Crippen molar-refractivity contribution in [2.45, 2.75) is 60.6 Å². The summed E-state index contributed by atoms with van der Waals surface area (Å²) in [6, 6.07) is 30.3. The van der Waals surface area contributed by atoms with Crippen LogP contribution in [-0.4, -0.2) is 84.7 Å². The van der Waals surface area contributed by atoms with Crippen molar-refractivity contribution in [3.8, 4) is 22.5 Å². The summed E-state index contributed by atoms with van der Waals surface area (Å²) in [5, 5.41) is 4.38. The van der Waals surface area contributed by atoms with Gasteiger partial charge in [0.2, 0.25) is 11.8 Å². The number of para-hydroxylation sites is 1. The van der Waals surface area contributed by atoms with E-state index < -0.39 is 22.0 Å². The molecule has 2 amide bonds. The van der Waals surface area contributed by atoms with Crippen molar-refractivity contribution in [3.05, 3.63) is 173 Å². The molecule has 4 fully saturated rings. The zero-order valence-corrected chi connectivity index (χ0v) is 38.2. The zero-order chi connectivity index (χ0) is 46.5. The maximum Gasteiger partial charge on any atom is 0.341 e. The van der Waals surface area contributed by atoms with Gasteiger partial charge in [0, 0.05) is 102 Å². The minimum Gasteiger partial charge on any atom is -0.449 e. The number of benzene rings is 2. The molecule has 2 aromatic carbocycles. The zero-order valence-electron chi connectivity index (χ0n) is 37.3. The molecule has 4 aliphatic heterocycles. The van der Waals surface area contributed by atoms with Crippen LogP contribution < -0.4 is 0 Å². The fraction of sp³-hybridized carbons (Fsp3) is 0.255. The summed E-state index contributed by atoms with van der Waals surface area (Å²) in [6.45, 7) is 1.90. The Bertz CT molecular complexity index is 3440. The van der Waals surface area contributed by atoms with Crippen molar-refractivity contribution < 1.29 is 28.7 Å². The van der Waals surface area contributed by atoms with E-state index >= 15 is 0 Å². The topological polar surface area (TPSA) is 158 Å². The first kappa shape index (κ1) is 41.5. The summed E-state index contributed by atoms with van der Waals surface area (Å²) in [6.07, 6.45) is 16.4. The van der Waals surface area contributed by atoms with Crippen LogP contribution in [-0.2, 0) is 41.1 Å². The summed E-state index contributed by atoms with van der Waals surface area (Å²) < 4.78 is 12.9. The van der Waals surface area contributed by atoms with Gasteiger partial charge in [0.1, 0.15) is 0 Å². The van der Waals surface area contributed by atoms with E-state index in [2.05, 4.69) is 50.7 Å². The molecule has 0 bridgehead atoms. The van der Waals surface area contributed by atoms with Gasteiger partial charge in [-0.2, -0.15) is 0 Å². The van der Waals surface area contributed by atoms with Gasteiger partial charge in [0.05, 0.1) is 52.0 Å². The maximum absolute atomic E-state index is 13.7. The number of hydrogen-bond acceptors (Lipinski definition) is 12. The Balaban J connectivity index is 0.000000136. The lowest BCUT2D eigenvalue weighted by Crippen LogP contribution is -2.40. The Morgan fingerprint density at radius 3 is 1.68 bits per heavy atom. The molecule has 14 heteroatoms. The first-order valence-corrected chi connectivity index (χ1v) is 24.2. The smallest absolute Gasteiger partial charge is 0.341 e. The first-order chi connectivity index (χ1) is 33.7. The van der Waals surface area contributed by atoms with Gasteiger partial charge < -0.3 is 19.3 Å². The van der Waals surface area contributed by atoms with Crippen molar-refractivity contribution in [2.75, 3.05) is 26.2 Å². The molecule has 6 aliphatic rings. The first-order valence-electron chi connectivity index (χ1n) is 23.4. The Morgan fingerprint density at radius 2 is 1.12 bits per heavy atom. The molecule has 8 aromatic rings. The molecule has 6 aromatic heterocycles. The van der Waals surface area contributed by atoms with E-state index in [9.17, 15) is 19.2 Å². The molecule has 69 heavy (non-hydrogen) atoms. The fourth-order valence-corrected chi connectivity index (χ4v) is 11.9. The third-order valence-corrected chi connectivity index (χ3v) is 16.2. The Kier molecular flexibility index (Phi) is 9.26. The van der Waals surface area contributed by atoms with E-state index in [1.165, 1.54) is 10.1 Å². The Morgan fingerprint density at radius 1 is 0.551 bits per heavy atom. The monoisotopic (exact) mass is 929 g/mol. The lowest BCUT2D eigenvalue weighted by Gasteiger charge is -2.26. The second-order valence-electron chi connectivity index (χ2n) is 19.2. The molecule has 2 spiro atoms. The number of carbonyl (C=O) groups is 4. The van der Waals surface area contributed by atoms with E-state index in [4.69, 9.17) is 19.4 Å². The van der Waals surface area contributed by atoms with Crippen LogP contribution in [0, 0.1) is 0 Å². The third kappa shape index (κ3) is 6.67. The van der Waals surface area contributed by atoms with Crippen LogP contribution in [0.4, 0.5) is 0 Å². The molecule has 2 unspecified atom stereocenters. The highest BCUT2D eigenvalue weighted by atomic mass is 32.1. The second kappa shape index (κ2) is 15.4. The van der Waals surface area contributed by atoms with Crippen LogP contribution in [0.3, 0.4) is 0 Å². The van der Waals surface area contributed by atoms with Crippen molar-refractivity contribution in [2.24, 2.45) is 0 Å². The Labute approximate surface area is 400 Å². The summed E-state index contributed by atoms with van der Waals surface area (Å²) in [5.41, 5.74) is 6.76. The average Bonchev–Trinajstić information content (AvgIpc) is 4.13. The van der Waals surface area contributed by atoms with Crippen molar-refractivity contribution in [1.29, 1.82) is 0 Å². The van der Waals surface area contributed by atoms with Crippen molar-refractivity contribution >= 4 is 56.1 Å². The molecule has 2 saturated heterocycles. The van der Waals surface area contributed by atoms with E-state index in [-0.39, 0.29) is 23.8 Å². The summed E-state index contributed by atoms with van der Waals surface area (Å²) in [4.78, 5) is 77.9. The largest absolute Gasteiger partial charge is 0.449 e. The van der Waals surface area contributed by atoms with E-state index in [1.54, 1.807) is 36.1 Å². The van der Waals surface area contributed by atoms with Gasteiger partial charge in [-0.1, -0.05) is 36.4 Å². The van der Waals surface area contributed by atoms with Crippen LogP contribution in [0.15, 0.2) is 140 Å². The van der Waals surface area contributed by atoms with Gasteiger partial charge in [-0.25, -0.2) is 9.59 Å². The van der Waals surface area contributed by atoms with Gasteiger partial charge in [0.15, 0.2) is 11.2 Å². The number of esters is 2.